The predicted octanol–water partition coefficient (Wildman–Crippen LogP) is 4.19. The fourth-order valence-electron chi connectivity index (χ4n) is 2.94. The Bertz CT molecular complexity index is 1070. The minimum absolute atomic E-state index is 0.175. The van der Waals surface area contributed by atoms with Gasteiger partial charge in [0.25, 0.3) is 5.91 Å². The summed E-state index contributed by atoms with van der Waals surface area (Å²) in [5.41, 5.74) is -1.53. The van der Waals surface area contributed by atoms with E-state index in [4.69, 9.17) is 0 Å². The summed E-state index contributed by atoms with van der Waals surface area (Å²) >= 11 is 0. The van der Waals surface area contributed by atoms with Crippen molar-refractivity contribution < 1.29 is 30.8 Å². The van der Waals surface area contributed by atoms with Gasteiger partial charge in [-0.2, -0.15) is 17.5 Å². The zero-order valence-corrected chi connectivity index (χ0v) is 18.2. The lowest BCUT2D eigenvalue weighted by Crippen LogP contribution is -2.31. The maximum Gasteiger partial charge on any atom is 0.416 e. The third kappa shape index (κ3) is 5.34. The van der Waals surface area contributed by atoms with Crippen molar-refractivity contribution in [1.29, 1.82) is 0 Å². The summed E-state index contributed by atoms with van der Waals surface area (Å²) in [5.74, 6) is -2.08. The van der Waals surface area contributed by atoms with Crippen LogP contribution in [0.25, 0.3) is 0 Å². The third-order valence-electron chi connectivity index (χ3n) is 4.58. The topological polar surface area (TPSA) is 69.7 Å². The minimum atomic E-state index is -4.65. The molecule has 11 heteroatoms. The second kappa shape index (κ2) is 9.23. The Labute approximate surface area is 178 Å². The van der Waals surface area contributed by atoms with Gasteiger partial charge in [0, 0.05) is 27.2 Å². The number of nitrogens with one attached hydrogen (secondary N) is 1. The SMILES string of the molecule is CCN(CC)S(=O)(=O)c1ccc(F)c(C(=O)Nc2cc(C(F)(F)F)ccc2N(C)C)c1. The van der Waals surface area contributed by atoms with E-state index in [9.17, 15) is 30.8 Å². The molecule has 0 bridgehead atoms. The van der Waals surface area contributed by atoms with Crippen molar-refractivity contribution in [3.8, 4) is 0 Å². The number of nitrogens with zero attached hydrogens (tertiary/aromatic N) is 2. The number of amides is 1. The van der Waals surface area contributed by atoms with Gasteiger partial charge in [-0.15, -0.1) is 0 Å². The van der Waals surface area contributed by atoms with Crippen LogP contribution in [0.5, 0.6) is 0 Å². The summed E-state index contributed by atoms with van der Waals surface area (Å²) in [6.45, 7) is 3.62. The zero-order valence-electron chi connectivity index (χ0n) is 17.4. The Hall–Kier alpha value is -2.66. The standard InChI is InChI=1S/C20H23F4N3O3S/c1-5-27(6-2)31(29,30)14-8-9-16(21)15(12-14)19(28)25-17-11-13(20(22,23)24)7-10-18(17)26(3)4/h7-12H,5-6H2,1-4H3,(H,25,28). The van der Waals surface area contributed by atoms with Gasteiger partial charge in [0.2, 0.25) is 10.0 Å². The number of sulfonamides is 1. The Kier molecular flexibility index (Phi) is 7.32. The van der Waals surface area contributed by atoms with Crippen LogP contribution >= 0.6 is 0 Å². The van der Waals surface area contributed by atoms with Crippen LogP contribution in [0.3, 0.4) is 0 Å². The molecule has 170 valence electrons. The third-order valence-corrected chi connectivity index (χ3v) is 6.63. The van der Waals surface area contributed by atoms with Crippen LogP contribution < -0.4 is 10.2 Å². The number of benzene rings is 2. The molecule has 0 saturated carbocycles. The molecule has 31 heavy (non-hydrogen) atoms. The first-order valence-electron chi connectivity index (χ1n) is 9.32. The van der Waals surface area contributed by atoms with Gasteiger partial charge in [-0.1, -0.05) is 13.8 Å². The van der Waals surface area contributed by atoms with Crippen molar-refractivity contribution >= 4 is 27.3 Å². The van der Waals surface area contributed by atoms with Crippen LogP contribution in [0, 0.1) is 5.82 Å². The zero-order chi connectivity index (χ0) is 23.6. The molecular weight excluding hydrogens is 438 g/mol. The molecule has 0 spiro atoms. The van der Waals surface area contributed by atoms with E-state index in [0.717, 1.165) is 34.6 Å². The van der Waals surface area contributed by atoms with Crippen molar-refractivity contribution in [2.24, 2.45) is 0 Å². The lowest BCUT2D eigenvalue weighted by molar-refractivity contribution is -0.137. The van der Waals surface area contributed by atoms with Gasteiger partial charge in [0.1, 0.15) is 5.82 Å². The molecule has 0 radical (unpaired) electrons. The monoisotopic (exact) mass is 461 g/mol. The number of carbonyl (C=O) groups is 1. The Balaban J connectivity index is 2.49. The van der Waals surface area contributed by atoms with E-state index in [2.05, 4.69) is 5.32 Å². The molecule has 1 amide bonds. The lowest BCUT2D eigenvalue weighted by Gasteiger charge is -2.20. The highest BCUT2D eigenvalue weighted by Gasteiger charge is 2.32. The van der Waals surface area contributed by atoms with Crippen LogP contribution in [0.4, 0.5) is 28.9 Å². The molecule has 2 rings (SSSR count). The molecule has 0 aliphatic rings. The molecule has 0 heterocycles. The summed E-state index contributed by atoms with van der Waals surface area (Å²) in [4.78, 5) is 13.9. The van der Waals surface area contributed by atoms with Crippen LogP contribution in [0.1, 0.15) is 29.8 Å². The molecule has 0 unspecified atom stereocenters. The van der Waals surface area contributed by atoms with E-state index in [-0.39, 0.29) is 29.4 Å². The number of anilines is 2. The summed E-state index contributed by atoms with van der Waals surface area (Å²) < 4.78 is 80.1. The minimum Gasteiger partial charge on any atom is -0.376 e. The Morgan fingerprint density at radius 3 is 2.16 bits per heavy atom. The molecule has 6 nitrogen and oxygen atoms in total. The molecular formula is C20H23F4N3O3S. The highest BCUT2D eigenvalue weighted by atomic mass is 32.2. The maximum atomic E-state index is 14.3. The quantitative estimate of drug-likeness (QED) is 0.628. The Morgan fingerprint density at radius 2 is 1.65 bits per heavy atom. The van der Waals surface area contributed by atoms with E-state index >= 15 is 0 Å². The molecule has 0 atom stereocenters. The fraction of sp³-hybridized carbons (Fsp3) is 0.350. The van der Waals surface area contributed by atoms with E-state index in [1.165, 1.54) is 11.0 Å². The first-order valence-corrected chi connectivity index (χ1v) is 10.8. The van der Waals surface area contributed by atoms with E-state index in [1.807, 2.05) is 0 Å². The van der Waals surface area contributed by atoms with Gasteiger partial charge < -0.3 is 10.2 Å². The summed E-state index contributed by atoms with van der Waals surface area (Å²) in [5, 5.41) is 2.27. The van der Waals surface area contributed by atoms with Gasteiger partial charge in [-0.05, 0) is 36.4 Å². The highest BCUT2D eigenvalue weighted by Crippen LogP contribution is 2.35. The largest absolute Gasteiger partial charge is 0.416 e. The molecule has 0 aromatic heterocycles. The van der Waals surface area contributed by atoms with Crippen molar-refractivity contribution in [3.05, 3.63) is 53.3 Å². The molecule has 0 aliphatic carbocycles. The number of rotatable bonds is 7. The first-order chi connectivity index (χ1) is 14.3. The second-order valence-corrected chi connectivity index (χ2v) is 8.75. The second-order valence-electron chi connectivity index (χ2n) is 6.81. The van der Waals surface area contributed by atoms with Crippen molar-refractivity contribution in [2.45, 2.75) is 24.9 Å². The number of hydrogen-bond donors (Lipinski definition) is 1. The van der Waals surface area contributed by atoms with Crippen molar-refractivity contribution in [1.82, 2.24) is 4.31 Å². The van der Waals surface area contributed by atoms with Crippen molar-refractivity contribution in [3.63, 3.8) is 0 Å². The normalized spacial score (nSPS) is 12.2. The average molecular weight is 461 g/mol. The molecule has 0 saturated heterocycles. The number of halogens is 4. The average Bonchev–Trinajstić information content (AvgIpc) is 2.67. The predicted molar refractivity (Wildman–Crippen MR) is 110 cm³/mol. The number of alkyl halides is 3. The van der Waals surface area contributed by atoms with Gasteiger partial charge >= 0.3 is 6.18 Å². The molecule has 2 aromatic carbocycles. The van der Waals surface area contributed by atoms with Crippen LogP contribution in [0.15, 0.2) is 41.3 Å². The fourth-order valence-corrected chi connectivity index (χ4v) is 4.43. The van der Waals surface area contributed by atoms with Crippen LogP contribution in [-0.4, -0.2) is 45.8 Å². The first kappa shape index (κ1) is 24.6. The molecule has 0 fully saturated rings. The summed E-state index contributed by atoms with van der Waals surface area (Å²) in [6.07, 6.45) is -4.65. The maximum absolute atomic E-state index is 14.3. The van der Waals surface area contributed by atoms with Gasteiger partial charge in [0.05, 0.1) is 27.4 Å². The highest BCUT2D eigenvalue weighted by molar-refractivity contribution is 7.89. The molecule has 0 aliphatic heterocycles. The van der Waals surface area contributed by atoms with E-state index in [1.54, 1.807) is 27.9 Å². The van der Waals surface area contributed by atoms with Gasteiger partial charge in [-0.25, -0.2) is 12.8 Å². The smallest absolute Gasteiger partial charge is 0.376 e. The molecule has 2 aromatic rings. The van der Waals surface area contributed by atoms with Crippen LogP contribution in [-0.2, 0) is 16.2 Å². The summed E-state index contributed by atoms with van der Waals surface area (Å²) in [7, 11) is -0.834. The molecule has 1 N–H and O–H groups in total. The van der Waals surface area contributed by atoms with Crippen LogP contribution in [0.2, 0.25) is 0 Å². The number of hydrogen-bond acceptors (Lipinski definition) is 4. The van der Waals surface area contributed by atoms with Crippen molar-refractivity contribution in [2.75, 3.05) is 37.4 Å². The van der Waals surface area contributed by atoms with Gasteiger partial charge in [-0.3, -0.25) is 4.79 Å². The summed E-state index contributed by atoms with van der Waals surface area (Å²) in [6, 6.07) is 5.53. The van der Waals surface area contributed by atoms with Gasteiger partial charge in [0.15, 0.2) is 0 Å². The Morgan fingerprint density at radius 1 is 1.03 bits per heavy atom. The van der Waals surface area contributed by atoms with E-state index in [0.29, 0.717) is 0 Å². The lowest BCUT2D eigenvalue weighted by atomic mass is 10.1. The number of carbonyl (C=O) groups excluding carboxylic acids is 1. The van der Waals surface area contributed by atoms with E-state index < -0.39 is 39.1 Å².